The van der Waals surface area contributed by atoms with Crippen molar-refractivity contribution in [2.45, 2.75) is 18.9 Å². The fourth-order valence-corrected chi connectivity index (χ4v) is 2.43. The minimum Gasteiger partial charge on any atom is -0.488 e. The zero-order valence-electron chi connectivity index (χ0n) is 11.2. The second kappa shape index (κ2) is 5.66. The van der Waals surface area contributed by atoms with Gasteiger partial charge in [-0.2, -0.15) is 5.26 Å². The van der Waals surface area contributed by atoms with Crippen molar-refractivity contribution in [3.05, 3.63) is 59.7 Å². The molecule has 2 aromatic rings. The largest absolute Gasteiger partial charge is 0.488 e. The summed E-state index contributed by atoms with van der Waals surface area (Å²) >= 11 is 0. The van der Waals surface area contributed by atoms with E-state index in [4.69, 9.17) is 10.00 Å². The Morgan fingerprint density at radius 1 is 1.15 bits per heavy atom. The van der Waals surface area contributed by atoms with E-state index in [0.717, 1.165) is 30.0 Å². The van der Waals surface area contributed by atoms with E-state index in [-0.39, 0.29) is 6.10 Å². The molecule has 100 valence electrons. The summed E-state index contributed by atoms with van der Waals surface area (Å²) in [5.41, 5.74) is 3.39. The van der Waals surface area contributed by atoms with Gasteiger partial charge in [0.15, 0.2) is 0 Å². The average molecular weight is 264 g/mol. The Bertz CT molecular complexity index is 603. The Hall–Kier alpha value is -2.47. The van der Waals surface area contributed by atoms with Gasteiger partial charge in [0, 0.05) is 12.1 Å². The van der Waals surface area contributed by atoms with Crippen LogP contribution in [-0.4, -0.2) is 12.6 Å². The quantitative estimate of drug-likeness (QED) is 0.922. The number of hydrogen-bond acceptors (Lipinski definition) is 3. The molecule has 0 fully saturated rings. The third-order valence-corrected chi connectivity index (χ3v) is 3.48. The van der Waals surface area contributed by atoms with Crippen molar-refractivity contribution in [3.63, 3.8) is 0 Å². The van der Waals surface area contributed by atoms with Gasteiger partial charge in [0.05, 0.1) is 19.0 Å². The standard InChI is InChI=1S/C17H16N2O/c18-10-9-13-5-7-15(8-6-13)19-12-16-11-14-3-1-2-4-17(14)20-16/h1-8,16,19H,9,11-12H2. The van der Waals surface area contributed by atoms with Gasteiger partial charge in [-0.1, -0.05) is 30.3 Å². The molecule has 3 nitrogen and oxygen atoms in total. The maximum absolute atomic E-state index is 8.64. The summed E-state index contributed by atoms with van der Waals surface area (Å²) in [6.45, 7) is 0.784. The van der Waals surface area contributed by atoms with Gasteiger partial charge >= 0.3 is 0 Å². The number of ether oxygens (including phenoxy) is 1. The summed E-state index contributed by atoms with van der Waals surface area (Å²) in [5, 5.41) is 12.0. The summed E-state index contributed by atoms with van der Waals surface area (Å²) in [4.78, 5) is 0. The molecule has 1 unspecified atom stereocenters. The van der Waals surface area contributed by atoms with E-state index in [2.05, 4.69) is 17.5 Å². The first-order chi connectivity index (χ1) is 9.85. The number of hydrogen-bond donors (Lipinski definition) is 1. The second-order valence-electron chi connectivity index (χ2n) is 4.96. The van der Waals surface area contributed by atoms with E-state index >= 15 is 0 Å². The van der Waals surface area contributed by atoms with E-state index in [0.29, 0.717) is 6.42 Å². The molecule has 1 N–H and O–H groups in total. The predicted molar refractivity (Wildman–Crippen MR) is 78.8 cm³/mol. The van der Waals surface area contributed by atoms with Crippen molar-refractivity contribution >= 4 is 5.69 Å². The van der Waals surface area contributed by atoms with Crippen LogP contribution >= 0.6 is 0 Å². The van der Waals surface area contributed by atoms with Crippen molar-refractivity contribution in [2.75, 3.05) is 11.9 Å². The van der Waals surface area contributed by atoms with Crippen LogP contribution in [-0.2, 0) is 12.8 Å². The number of nitrogens with zero attached hydrogens (tertiary/aromatic N) is 1. The molecule has 0 amide bonds. The first-order valence-corrected chi connectivity index (χ1v) is 6.79. The lowest BCUT2D eigenvalue weighted by Gasteiger charge is -2.13. The van der Waals surface area contributed by atoms with Crippen molar-refractivity contribution in [1.29, 1.82) is 5.26 Å². The van der Waals surface area contributed by atoms with E-state index in [1.54, 1.807) is 0 Å². The van der Waals surface area contributed by atoms with Gasteiger partial charge in [-0.25, -0.2) is 0 Å². The molecular weight excluding hydrogens is 248 g/mol. The average Bonchev–Trinajstić information content (AvgIpc) is 2.90. The summed E-state index contributed by atoms with van der Waals surface area (Å²) in [7, 11) is 0. The van der Waals surface area contributed by atoms with E-state index in [1.807, 2.05) is 42.5 Å². The Morgan fingerprint density at radius 2 is 1.95 bits per heavy atom. The molecule has 1 heterocycles. The van der Waals surface area contributed by atoms with Gasteiger partial charge in [0.25, 0.3) is 0 Å². The minimum absolute atomic E-state index is 0.186. The smallest absolute Gasteiger partial charge is 0.123 e. The Labute approximate surface area is 118 Å². The molecule has 0 saturated heterocycles. The first-order valence-electron chi connectivity index (χ1n) is 6.79. The fraction of sp³-hybridized carbons (Fsp3) is 0.235. The molecule has 0 bridgehead atoms. The zero-order valence-corrected chi connectivity index (χ0v) is 11.2. The number of para-hydroxylation sites is 1. The highest BCUT2D eigenvalue weighted by Gasteiger charge is 2.21. The SMILES string of the molecule is N#CCc1ccc(NCC2Cc3ccccc3O2)cc1. The molecule has 2 aromatic carbocycles. The molecule has 1 aliphatic heterocycles. The molecule has 0 saturated carbocycles. The number of nitrogens with one attached hydrogen (secondary N) is 1. The van der Waals surface area contributed by atoms with Gasteiger partial charge in [0.1, 0.15) is 11.9 Å². The molecule has 1 aliphatic rings. The van der Waals surface area contributed by atoms with Crippen LogP contribution in [0.25, 0.3) is 0 Å². The Balaban J connectivity index is 1.55. The van der Waals surface area contributed by atoms with Gasteiger partial charge in [-0.15, -0.1) is 0 Å². The zero-order chi connectivity index (χ0) is 13.8. The Kier molecular flexibility index (Phi) is 3.56. The maximum Gasteiger partial charge on any atom is 0.123 e. The Morgan fingerprint density at radius 3 is 2.70 bits per heavy atom. The van der Waals surface area contributed by atoms with E-state index in [1.165, 1.54) is 5.56 Å². The molecule has 20 heavy (non-hydrogen) atoms. The number of nitriles is 1. The predicted octanol–water partition coefficient (Wildman–Crippen LogP) is 3.17. The summed E-state index contributed by atoms with van der Waals surface area (Å²) < 4.78 is 5.89. The molecule has 3 heteroatoms. The van der Waals surface area contributed by atoms with E-state index < -0.39 is 0 Å². The lowest BCUT2D eigenvalue weighted by molar-refractivity contribution is 0.246. The van der Waals surface area contributed by atoms with Crippen molar-refractivity contribution in [2.24, 2.45) is 0 Å². The number of anilines is 1. The topological polar surface area (TPSA) is 45.0 Å². The molecule has 0 radical (unpaired) electrons. The van der Waals surface area contributed by atoms with Crippen molar-refractivity contribution in [1.82, 2.24) is 0 Å². The van der Waals surface area contributed by atoms with Crippen LogP contribution in [0.3, 0.4) is 0 Å². The highest BCUT2D eigenvalue weighted by Crippen LogP contribution is 2.28. The maximum atomic E-state index is 8.64. The van der Waals surface area contributed by atoms with Gasteiger partial charge in [0.2, 0.25) is 0 Å². The van der Waals surface area contributed by atoms with Crippen molar-refractivity contribution in [3.8, 4) is 11.8 Å². The minimum atomic E-state index is 0.186. The molecule has 1 atom stereocenters. The third-order valence-electron chi connectivity index (χ3n) is 3.48. The van der Waals surface area contributed by atoms with Gasteiger partial charge in [-0.3, -0.25) is 0 Å². The first kappa shape index (κ1) is 12.6. The van der Waals surface area contributed by atoms with Crippen LogP contribution in [0.15, 0.2) is 48.5 Å². The number of benzene rings is 2. The van der Waals surface area contributed by atoms with Crippen LogP contribution in [0.5, 0.6) is 5.75 Å². The monoisotopic (exact) mass is 264 g/mol. The summed E-state index contributed by atoms with van der Waals surface area (Å²) in [6.07, 6.45) is 1.60. The molecule has 0 aromatic heterocycles. The van der Waals surface area contributed by atoms with Crippen LogP contribution in [0.1, 0.15) is 11.1 Å². The summed E-state index contributed by atoms with van der Waals surface area (Å²) in [5.74, 6) is 1.00. The third kappa shape index (κ3) is 2.75. The fourth-order valence-electron chi connectivity index (χ4n) is 2.43. The summed E-state index contributed by atoms with van der Waals surface area (Å²) in [6, 6.07) is 18.3. The molecule has 3 rings (SSSR count). The van der Waals surface area contributed by atoms with Crippen LogP contribution < -0.4 is 10.1 Å². The molecular formula is C17H16N2O. The molecule has 0 spiro atoms. The second-order valence-corrected chi connectivity index (χ2v) is 4.96. The molecule has 0 aliphatic carbocycles. The normalized spacial score (nSPS) is 16.1. The van der Waals surface area contributed by atoms with Crippen molar-refractivity contribution < 1.29 is 4.74 Å². The van der Waals surface area contributed by atoms with Gasteiger partial charge in [-0.05, 0) is 29.3 Å². The van der Waals surface area contributed by atoms with Crippen LogP contribution in [0, 0.1) is 11.3 Å². The van der Waals surface area contributed by atoms with Crippen LogP contribution in [0.4, 0.5) is 5.69 Å². The number of fused-ring (bicyclic) bond motifs is 1. The van der Waals surface area contributed by atoms with Crippen LogP contribution in [0.2, 0.25) is 0 Å². The lowest BCUT2D eigenvalue weighted by Crippen LogP contribution is -2.23. The highest BCUT2D eigenvalue weighted by molar-refractivity contribution is 5.45. The lowest BCUT2D eigenvalue weighted by atomic mass is 10.1. The van der Waals surface area contributed by atoms with E-state index in [9.17, 15) is 0 Å². The highest BCUT2D eigenvalue weighted by atomic mass is 16.5. The number of rotatable bonds is 4. The van der Waals surface area contributed by atoms with Gasteiger partial charge < -0.3 is 10.1 Å².